The van der Waals surface area contributed by atoms with E-state index in [1.807, 2.05) is 45.0 Å². The standard InChI is InChI=1S/C19H29NO3/c1-18(2,3)11-16(21)12-20-15-9-7-14(8-10-15)13-23-17(22)19(4,5)6/h7-10,20H,11-13H2,1-6H3. The number of ketones is 1. The SMILES string of the molecule is CC(C)(C)CC(=O)CNc1ccc(COC(=O)C(C)(C)C)cc1. The van der Waals surface area contributed by atoms with Gasteiger partial charge in [0.25, 0.3) is 0 Å². The summed E-state index contributed by atoms with van der Waals surface area (Å²) >= 11 is 0. The van der Waals surface area contributed by atoms with E-state index in [0.717, 1.165) is 11.3 Å². The number of ether oxygens (including phenoxy) is 1. The van der Waals surface area contributed by atoms with Crippen LogP contribution in [0.1, 0.15) is 53.5 Å². The van der Waals surface area contributed by atoms with Crippen molar-refractivity contribution < 1.29 is 14.3 Å². The quantitative estimate of drug-likeness (QED) is 0.799. The van der Waals surface area contributed by atoms with E-state index in [1.54, 1.807) is 0 Å². The molecule has 0 saturated heterocycles. The zero-order valence-electron chi connectivity index (χ0n) is 15.2. The van der Waals surface area contributed by atoms with Gasteiger partial charge in [0.2, 0.25) is 0 Å². The lowest BCUT2D eigenvalue weighted by molar-refractivity contribution is -0.154. The summed E-state index contributed by atoms with van der Waals surface area (Å²) in [5.41, 5.74) is 1.33. The molecule has 0 aliphatic carbocycles. The molecule has 0 unspecified atom stereocenters. The normalized spacial score (nSPS) is 11.9. The minimum absolute atomic E-state index is 0.0134. The number of esters is 1. The fraction of sp³-hybridized carbons (Fsp3) is 0.579. The van der Waals surface area contributed by atoms with Crippen LogP contribution in [0.2, 0.25) is 0 Å². The van der Waals surface area contributed by atoms with Crippen LogP contribution in [-0.4, -0.2) is 18.3 Å². The van der Waals surface area contributed by atoms with Crippen molar-refractivity contribution in [3.8, 4) is 0 Å². The molecular weight excluding hydrogens is 290 g/mol. The van der Waals surface area contributed by atoms with Gasteiger partial charge in [-0.15, -0.1) is 0 Å². The Bertz CT molecular complexity index is 533. The van der Waals surface area contributed by atoms with Crippen LogP contribution in [0.5, 0.6) is 0 Å². The van der Waals surface area contributed by atoms with Crippen LogP contribution >= 0.6 is 0 Å². The first-order valence-corrected chi connectivity index (χ1v) is 7.99. The molecule has 4 heteroatoms. The van der Waals surface area contributed by atoms with Crippen molar-refractivity contribution in [3.63, 3.8) is 0 Å². The second kappa shape index (κ2) is 7.62. The second-order valence-electron chi connectivity index (χ2n) is 8.15. The summed E-state index contributed by atoms with van der Waals surface area (Å²) in [5, 5.41) is 3.13. The van der Waals surface area contributed by atoms with E-state index in [2.05, 4.69) is 26.1 Å². The lowest BCUT2D eigenvalue weighted by Crippen LogP contribution is -2.22. The Labute approximate surface area is 139 Å². The minimum Gasteiger partial charge on any atom is -0.460 e. The molecule has 1 aromatic rings. The Morgan fingerprint density at radius 2 is 1.57 bits per heavy atom. The summed E-state index contributed by atoms with van der Waals surface area (Å²) < 4.78 is 5.27. The summed E-state index contributed by atoms with van der Waals surface area (Å²) in [6, 6.07) is 7.58. The predicted molar refractivity (Wildman–Crippen MR) is 93.3 cm³/mol. The zero-order valence-corrected chi connectivity index (χ0v) is 15.2. The molecule has 0 fully saturated rings. The number of anilines is 1. The van der Waals surface area contributed by atoms with Gasteiger partial charge >= 0.3 is 5.97 Å². The molecule has 0 amide bonds. The average molecular weight is 319 g/mol. The highest BCUT2D eigenvalue weighted by Crippen LogP contribution is 2.19. The van der Waals surface area contributed by atoms with Crippen molar-refractivity contribution in [2.45, 2.75) is 54.6 Å². The summed E-state index contributed by atoms with van der Waals surface area (Å²) in [7, 11) is 0. The summed E-state index contributed by atoms with van der Waals surface area (Å²) in [6.07, 6.45) is 0.556. The summed E-state index contributed by atoms with van der Waals surface area (Å²) in [5.74, 6) is -0.0202. The highest BCUT2D eigenvalue weighted by molar-refractivity contribution is 5.83. The van der Waals surface area contributed by atoms with Crippen LogP contribution in [0, 0.1) is 10.8 Å². The predicted octanol–water partition coefficient (Wildman–Crippen LogP) is 4.19. The molecular formula is C19H29NO3. The highest BCUT2D eigenvalue weighted by atomic mass is 16.5. The monoisotopic (exact) mass is 319 g/mol. The topological polar surface area (TPSA) is 55.4 Å². The molecule has 0 aliphatic rings. The number of carbonyl (C=O) groups is 2. The third-order valence-corrected chi connectivity index (χ3v) is 3.15. The molecule has 0 atom stereocenters. The number of hydrogen-bond donors (Lipinski definition) is 1. The van der Waals surface area contributed by atoms with Crippen molar-refractivity contribution in [3.05, 3.63) is 29.8 Å². The molecule has 0 saturated carbocycles. The maximum Gasteiger partial charge on any atom is 0.311 e. The van der Waals surface area contributed by atoms with Gasteiger partial charge in [-0.05, 0) is 43.9 Å². The van der Waals surface area contributed by atoms with Crippen molar-refractivity contribution in [1.82, 2.24) is 0 Å². The Kier molecular flexibility index (Phi) is 6.37. The largest absolute Gasteiger partial charge is 0.460 e. The van der Waals surface area contributed by atoms with E-state index in [9.17, 15) is 9.59 Å². The smallest absolute Gasteiger partial charge is 0.311 e. The van der Waals surface area contributed by atoms with Gasteiger partial charge in [-0.2, -0.15) is 0 Å². The van der Waals surface area contributed by atoms with Crippen molar-refractivity contribution >= 4 is 17.4 Å². The number of benzene rings is 1. The van der Waals surface area contributed by atoms with Gasteiger partial charge < -0.3 is 10.1 Å². The molecule has 1 rings (SSSR count). The van der Waals surface area contributed by atoms with Gasteiger partial charge in [-0.3, -0.25) is 9.59 Å². The lowest BCUT2D eigenvalue weighted by atomic mass is 9.90. The molecule has 1 aromatic carbocycles. The van der Waals surface area contributed by atoms with Crippen molar-refractivity contribution in [2.75, 3.05) is 11.9 Å². The molecule has 0 aliphatic heterocycles. The number of hydrogen-bond acceptors (Lipinski definition) is 4. The van der Waals surface area contributed by atoms with Gasteiger partial charge in [0.05, 0.1) is 12.0 Å². The Morgan fingerprint density at radius 3 is 2.04 bits per heavy atom. The van der Waals surface area contributed by atoms with Crippen LogP contribution < -0.4 is 5.32 Å². The van der Waals surface area contributed by atoms with Crippen LogP contribution in [0.15, 0.2) is 24.3 Å². The van der Waals surface area contributed by atoms with E-state index in [0.29, 0.717) is 13.0 Å². The molecule has 0 spiro atoms. The van der Waals surface area contributed by atoms with Crippen LogP contribution in [-0.2, 0) is 20.9 Å². The van der Waals surface area contributed by atoms with E-state index in [4.69, 9.17) is 4.74 Å². The van der Waals surface area contributed by atoms with E-state index < -0.39 is 5.41 Å². The molecule has 0 radical (unpaired) electrons. The summed E-state index contributed by atoms with van der Waals surface area (Å²) in [6.45, 7) is 12.2. The average Bonchev–Trinajstić information content (AvgIpc) is 2.40. The third-order valence-electron chi connectivity index (χ3n) is 3.15. The molecule has 1 N–H and O–H groups in total. The Morgan fingerprint density at radius 1 is 1.00 bits per heavy atom. The van der Waals surface area contributed by atoms with Crippen molar-refractivity contribution in [1.29, 1.82) is 0 Å². The molecule has 4 nitrogen and oxygen atoms in total. The molecule has 128 valence electrons. The fourth-order valence-electron chi connectivity index (χ4n) is 1.94. The molecule has 0 heterocycles. The Balaban J connectivity index is 2.45. The first kappa shape index (κ1) is 19.2. The summed E-state index contributed by atoms with van der Waals surface area (Å²) in [4.78, 5) is 23.6. The molecule has 0 bridgehead atoms. The van der Waals surface area contributed by atoms with Gasteiger partial charge in [-0.25, -0.2) is 0 Å². The first-order valence-electron chi connectivity index (χ1n) is 7.99. The maximum absolute atomic E-state index is 11.9. The van der Waals surface area contributed by atoms with Crippen LogP contribution in [0.3, 0.4) is 0 Å². The van der Waals surface area contributed by atoms with Gasteiger partial charge in [0.1, 0.15) is 6.61 Å². The Hall–Kier alpha value is -1.84. The third kappa shape index (κ3) is 7.82. The number of nitrogens with one attached hydrogen (secondary N) is 1. The zero-order chi connectivity index (χ0) is 17.7. The number of rotatable bonds is 6. The van der Waals surface area contributed by atoms with Crippen molar-refractivity contribution in [2.24, 2.45) is 10.8 Å². The van der Waals surface area contributed by atoms with E-state index in [-0.39, 0.29) is 23.8 Å². The van der Waals surface area contributed by atoms with E-state index in [1.165, 1.54) is 0 Å². The van der Waals surface area contributed by atoms with Crippen LogP contribution in [0.25, 0.3) is 0 Å². The van der Waals surface area contributed by atoms with Gasteiger partial charge in [-0.1, -0.05) is 32.9 Å². The van der Waals surface area contributed by atoms with Gasteiger partial charge in [0, 0.05) is 12.1 Å². The minimum atomic E-state index is -0.491. The van der Waals surface area contributed by atoms with E-state index >= 15 is 0 Å². The molecule has 23 heavy (non-hydrogen) atoms. The number of carbonyl (C=O) groups excluding carboxylic acids is 2. The lowest BCUT2D eigenvalue weighted by Gasteiger charge is -2.17. The van der Waals surface area contributed by atoms with Crippen LogP contribution in [0.4, 0.5) is 5.69 Å². The molecule has 0 aromatic heterocycles. The second-order valence-corrected chi connectivity index (χ2v) is 8.15. The maximum atomic E-state index is 11.9. The first-order chi connectivity index (χ1) is 10.5. The van der Waals surface area contributed by atoms with Gasteiger partial charge in [0.15, 0.2) is 5.78 Å². The highest BCUT2D eigenvalue weighted by Gasteiger charge is 2.22. The fourth-order valence-corrected chi connectivity index (χ4v) is 1.94. The number of Topliss-reactive ketones (excluding diaryl/α,β-unsaturated/α-hetero) is 1.